The lowest BCUT2D eigenvalue weighted by atomic mass is 10.3. The van der Waals surface area contributed by atoms with Crippen LogP contribution in [0.15, 0.2) is 24.3 Å². The van der Waals surface area contributed by atoms with E-state index in [1.807, 2.05) is 24.3 Å². The van der Waals surface area contributed by atoms with Gasteiger partial charge in [0.15, 0.2) is 5.95 Å². The Hall–Kier alpha value is -2.31. The first kappa shape index (κ1) is 9.78. The van der Waals surface area contributed by atoms with Crippen molar-refractivity contribution in [2.24, 2.45) is 0 Å². The molecule has 1 aromatic heterocycles. The van der Waals surface area contributed by atoms with Gasteiger partial charge in [0.25, 0.3) is 5.09 Å². The molecule has 0 atom stereocenters. The normalized spacial score (nSPS) is 9.14. The van der Waals surface area contributed by atoms with E-state index < -0.39 is 5.09 Å². The summed E-state index contributed by atoms with van der Waals surface area (Å²) in [5, 5.41) is 13.6. The van der Waals surface area contributed by atoms with Crippen LogP contribution in [0.5, 0.6) is 0 Å². The van der Waals surface area contributed by atoms with Crippen molar-refractivity contribution in [2.75, 3.05) is 5.73 Å². The number of nitrogen functional groups attached to an aromatic ring is 1. The third-order valence-corrected chi connectivity index (χ3v) is 1.41. The van der Waals surface area contributed by atoms with Crippen molar-refractivity contribution in [3.8, 4) is 0 Å². The Morgan fingerprint density at radius 3 is 2.64 bits per heavy atom. The van der Waals surface area contributed by atoms with Gasteiger partial charge in [-0.1, -0.05) is 12.1 Å². The quantitative estimate of drug-likeness (QED) is 0.425. The van der Waals surface area contributed by atoms with Gasteiger partial charge in [-0.15, -0.1) is 10.1 Å². The summed E-state index contributed by atoms with van der Waals surface area (Å²) in [6.45, 7) is 0. The van der Waals surface area contributed by atoms with E-state index in [1.165, 1.54) is 0 Å². The number of hydrogen-bond acceptors (Lipinski definition) is 4. The number of nitrogens with two attached hydrogens (primary N) is 1. The highest BCUT2D eigenvalue weighted by atomic mass is 16.9. The number of aromatic amines is 1. The monoisotopic (exact) mass is 196 g/mol. The first-order valence-electron chi connectivity index (χ1n) is 3.63. The number of nitrogens with zero attached hydrogens (tertiary/aromatic N) is 2. The van der Waals surface area contributed by atoms with E-state index in [2.05, 4.69) is 9.97 Å². The highest BCUT2D eigenvalue weighted by Gasteiger charge is 1.94. The maximum absolute atomic E-state index is 8.36. The summed E-state index contributed by atoms with van der Waals surface area (Å²) in [4.78, 5) is 15.3. The van der Waals surface area contributed by atoms with Gasteiger partial charge >= 0.3 is 0 Å². The molecule has 4 N–H and O–H groups in total. The number of rotatable bonds is 0. The molecule has 74 valence electrons. The number of anilines is 1. The maximum atomic E-state index is 8.36. The number of fused-ring (bicyclic) bond motifs is 1. The van der Waals surface area contributed by atoms with Gasteiger partial charge < -0.3 is 15.9 Å². The summed E-state index contributed by atoms with van der Waals surface area (Å²) < 4.78 is 0. The summed E-state index contributed by atoms with van der Waals surface area (Å²) in [7, 11) is 0. The van der Waals surface area contributed by atoms with Crippen molar-refractivity contribution in [1.29, 1.82) is 0 Å². The van der Waals surface area contributed by atoms with Crippen molar-refractivity contribution in [2.45, 2.75) is 0 Å². The predicted molar refractivity (Wildman–Crippen MR) is 49.3 cm³/mol. The van der Waals surface area contributed by atoms with Crippen molar-refractivity contribution in [3.05, 3.63) is 34.4 Å². The van der Waals surface area contributed by atoms with Gasteiger partial charge in [0.05, 0.1) is 11.0 Å². The molecule has 2 aromatic rings. The van der Waals surface area contributed by atoms with Crippen LogP contribution >= 0.6 is 0 Å². The molecule has 0 saturated heterocycles. The van der Waals surface area contributed by atoms with Crippen molar-refractivity contribution in [3.63, 3.8) is 0 Å². The first-order valence-corrected chi connectivity index (χ1v) is 3.63. The summed E-state index contributed by atoms with van der Waals surface area (Å²) >= 11 is 0. The largest absolute Gasteiger partial charge is 0.369 e. The van der Waals surface area contributed by atoms with Gasteiger partial charge in [-0.05, 0) is 12.1 Å². The number of nitrogens with one attached hydrogen (secondary N) is 1. The molecule has 2 rings (SSSR count). The zero-order chi connectivity index (χ0) is 10.6. The Morgan fingerprint density at radius 2 is 2.07 bits per heavy atom. The predicted octanol–water partition coefficient (Wildman–Crippen LogP) is 0.797. The number of aromatic nitrogens is 2. The smallest absolute Gasteiger partial charge is 0.291 e. The van der Waals surface area contributed by atoms with E-state index in [-0.39, 0.29) is 0 Å². The molecule has 7 nitrogen and oxygen atoms in total. The van der Waals surface area contributed by atoms with Crippen LogP contribution in [0.25, 0.3) is 11.0 Å². The van der Waals surface area contributed by atoms with E-state index in [4.69, 9.17) is 21.1 Å². The Labute approximate surface area is 78.3 Å². The van der Waals surface area contributed by atoms with Gasteiger partial charge in [0, 0.05) is 0 Å². The fourth-order valence-electron chi connectivity index (χ4n) is 0.973. The van der Waals surface area contributed by atoms with Crippen LogP contribution in [0.2, 0.25) is 0 Å². The van der Waals surface area contributed by atoms with Gasteiger partial charge in [0.1, 0.15) is 0 Å². The Balaban J connectivity index is 0.000000213. The third kappa shape index (κ3) is 2.63. The van der Waals surface area contributed by atoms with Crippen LogP contribution in [0, 0.1) is 10.1 Å². The first-order chi connectivity index (χ1) is 6.59. The van der Waals surface area contributed by atoms with Crippen molar-refractivity contribution < 1.29 is 10.3 Å². The molecule has 0 fully saturated rings. The molecule has 0 saturated carbocycles. The van der Waals surface area contributed by atoms with Crippen LogP contribution in [-0.2, 0) is 0 Å². The molecule has 0 amide bonds. The minimum absolute atomic E-state index is 0.473. The molecular formula is C7H8N4O3. The Bertz CT molecular complexity index is 402. The van der Waals surface area contributed by atoms with Crippen LogP contribution in [-0.4, -0.2) is 20.3 Å². The molecule has 1 aromatic carbocycles. The summed E-state index contributed by atoms with van der Waals surface area (Å²) in [6.07, 6.45) is 0. The molecule has 0 aliphatic carbocycles. The van der Waals surface area contributed by atoms with E-state index in [9.17, 15) is 0 Å². The summed E-state index contributed by atoms with van der Waals surface area (Å²) in [6, 6.07) is 7.74. The number of H-pyrrole nitrogens is 1. The molecule has 0 aliphatic rings. The average Bonchev–Trinajstić information content (AvgIpc) is 2.42. The minimum Gasteiger partial charge on any atom is -0.369 e. The molecule has 0 aliphatic heterocycles. The van der Waals surface area contributed by atoms with E-state index in [0.29, 0.717) is 5.95 Å². The van der Waals surface area contributed by atoms with Crippen LogP contribution in [0.3, 0.4) is 0 Å². The molecule has 0 unspecified atom stereocenters. The van der Waals surface area contributed by atoms with E-state index in [0.717, 1.165) is 11.0 Å². The van der Waals surface area contributed by atoms with Crippen molar-refractivity contribution >= 4 is 17.0 Å². The Kier molecular flexibility index (Phi) is 2.85. The highest BCUT2D eigenvalue weighted by Crippen LogP contribution is 2.10. The summed E-state index contributed by atoms with van der Waals surface area (Å²) in [5.41, 5.74) is 7.33. The summed E-state index contributed by atoms with van der Waals surface area (Å²) in [5.74, 6) is 0.473. The van der Waals surface area contributed by atoms with E-state index >= 15 is 0 Å². The second kappa shape index (κ2) is 4.08. The fraction of sp³-hybridized carbons (Fsp3) is 0. The maximum Gasteiger partial charge on any atom is 0.291 e. The standard InChI is InChI=1S/C7H7N3.HNO3/c8-7-9-5-3-1-2-4-6(5)10-7;2-1(3)4/h1-4H,(H3,8,9,10);(H,2,3,4). The number of imidazole rings is 1. The molecule has 0 radical (unpaired) electrons. The average molecular weight is 196 g/mol. The molecule has 0 spiro atoms. The molecule has 14 heavy (non-hydrogen) atoms. The second-order valence-electron chi connectivity index (χ2n) is 2.38. The molecule has 0 bridgehead atoms. The molecule has 7 heteroatoms. The number of benzene rings is 1. The van der Waals surface area contributed by atoms with Gasteiger partial charge in [-0.2, -0.15) is 0 Å². The number of hydrogen-bond donors (Lipinski definition) is 3. The van der Waals surface area contributed by atoms with Crippen LogP contribution in [0.4, 0.5) is 5.95 Å². The second-order valence-corrected chi connectivity index (χ2v) is 2.38. The van der Waals surface area contributed by atoms with Crippen LogP contribution in [0.1, 0.15) is 0 Å². The lowest BCUT2D eigenvalue weighted by Crippen LogP contribution is -1.84. The fourth-order valence-corrected chi connectivity index (χ4v) is 0.973. The van der Waals surface area contributed by atoms with Crippen molar-refractivity contribution in [1.82, 2.24) is 9.97 Å². The van der Waals surface area contributed by atoms with Gasteiger partial charge in [-0.3, -0.25) is 0 Å². The SMILES string of the molecule is Nc1nc2ccccc2[nH]1.O=[N+]([O-])O. The highest BCUT2D eigenvalue weighted by molar-refractivity contribution is 5.76. The van der Waals surface area contributed by atoms with Gasteiger partial charge in [0.2, 0.25) is 0 Å². The van der Waals surface area contributed by atoms with E-state index in [1.54, 1.807) is 0 Å². The minimum atomic E-state index is -1.50. The topological polar surface area (TPSA) is 118 Å². The zero-order valence-electron chi connectivity index (χ0n) is 7.04. The van der Waals surface area contributed by atoms with Gasteiger partial charge in [-0.25, -0.2) is 4.98 Å². The zero-order valence-corrected chi connectivity index (χ0v) is 7.04. The van der Waals surface area contributed by atoms with Crippen LogP contribution < -0.4 is 5.73 Å². The lowest BCUT2D eigenvalue weighted by molar-refractivity contribution is -0.742. The third-order valence-electron chi connectivity index (χ3n) is 1.41. The molecule has 1 heterocycles. The lowest BCUT2D eigenvalue weighted by Gasteiger charge is -1.81. The Morgan fingerprint density at radius 1 is 1.50 bits per heavy atom. The number of para-hydroxylation sites is 2. The molecular weight excluding hydrogens is 188 g/mol.